The Bertz CT molecular complexity index is 1230. The Morgan fingerprint density at radius 2 is 2.03 bits per heavy atom. The maximum absolute atomic E-state index is 15.2. The van der Waals surface area contributed by atoms with Gasteiger partial charge in [-0.1, -0.05) is 24.6 Å². The van der Waals surface area contributed by atoms with E-state index in [0.717, 1.165) is 6.07 Å². The number of hydrogen-bond donors (Lipinski definition) is 1. The van der Waals surface area contributed by atoms with Gasteiger partial charge >= 0.3 is 6.18 Å². The van der Waals surface area contributed by atoms with Crippen LogP contribution < -0.4 is 10.5 Å². The molecule has 11 heteroatoms. The van der Waals surface area contributed by atoms with Crippen molar-refractivity contribution in [2.24, 2.45) is 5.73 Å². The van der Waals surface area contributed by atoms with E-state index >= 15 is 4.39 Å². The van der Waals surface area contributed by atoms with Gasteiger partial charge in [0.2, 0.25) is 0 Å². The number of carbonyl (C=O) groups is 1. The number of imidazole rings is 1. The number of primary amides is 1. The van der Waals surface area contributed by atoms with E-state index in [1.165, 1.54) is 22.9 Å². The molecule has 2 aromatic carbocycles. The maximum Gasteiger partial charge on any atom is 0.416 e. The number of hydrogen-bond acceptors (Lipinski definition) is 4. The van der Waals surface area contributed by atoms with Gasteiger partial charge in [0.1, 0.15) is 17.3 Å². The minimum Gasteiger partial charge on any atom is -0.453 e. The lowest BCUT2D eigenvalue weighted by Crippen LogP contribution is -2.19. The number of halogens is 5. The SMILES string of the molecule is CCc1ncc(C(N)=O)n1Cc1ccc(Cl)c(Oc2cc(C#N)cc(C(F)(F)F)c2)c1F. The first-order valence-electron chi connectivity index (χ1n) is 9.16. The van der Waals surface area contributed by atoms with Crippen molar-refractivity contribution in [3.63, 3.8) is 0 Å². The number of carbonyl (C=O) groups excluding carboxylic acids is 1. The van der Waals surface area contributed by atoms with Crippen molar-refractivity contribution in [3.05, 3.63) is 75.6 Å². The molecule has 0 saturated carbocycles. The van der Waals surface area contributed by atoms with Gasteiger partial charge in [-0.25, -0.2) is 9.37 Å². The number of benzene rings is 2. The molecule has 0 aliphatic rings. The van der Waals surface area contributed by atoms with Gasteiger partial charge in [-0.05, 0) is 24.3 Å². The molecule has 0 bridgehead atoms. The molecule has 166 valence electrons. The third-order valence-electron chi connectivity index (χ3n) is 4.55. The fraction of sp³-hybridized carbons (Fsp3) is 0.190. The highest BCUT2D eigenvalue weighted by molar-refractivity contribution is 6.32. The average molecular weight is 467 g/mol. The van der Waals surface area contributed by atoms with E-state index in [0.29, 0.717) is 24.4 Å². The van der Waals surface area contributed by atoms with Crippen molar-refractivity contribution in [1.29, 1.82) is 5.26 Å². The number of ether oxygens (including phenoxy) is 1. The minimum absolute atomic E-state index is 0.0343. The quantitative estimate of drug-likeness (QED) is 0.513. The largest absolute Gasteiger partial charge is 0.453 e. The van der Waals surface area contributed by atoms with E-state index in [9.17, 15) is 18.0 Å². The van der Waals surface area contributed by atoms with Crippen molar-refractivity contribution >= 4 is 17.5 Å². The molecule has 0 atom stereocenters. The Morgan fingerprint density at radius 1 is 1.31 bits per heavy atom. The Morgan fingerprint density at radius 3 is 2.62 bits per heavy atom. The van der Waals surface area contributed by atoms with Crippen molar-refractivity contribution < 1.29 is 27.1 Å². The highest BCUT2D eigenvalue weighted by atomic mass is 35.5. The molecule has 0 unspecified atom stereocenters. The summed E-state index contributed by atoms with van der Waals surface area (Å²) in [6, 6.07) is 6.58. The Balaban J connectivity index is 2.03. The molecule has 0 aliphatic heterocycles. The van der Waals surface area contributed by atoms with Crippen molar-refractivity contribution in [3.8, 4) is 17.6 Å². The smallest absolute Gasteiger partial charge is 0.416 e. The number of aromatic nitrogens is 2. The lowest BCUT2D eigenvalue weighted by atomic mass is 10.1. The Kier molecular flexibility index (Phi) is 6.41. The van der Waals surface area contributed by atoms with E-state index in [4.69, 9.17) is 27.3 Å². The molecule has 2 N–H and O–H groups in total. The van der Waals surface area contributed by atoms with Gasteiger partial charge in [-0.15, -0.1) is 0 Å². The van der Waals surface area contributed by atoms with Crippen molar-refractivity contribution in [1.82, 2.24) is 9.55 Å². The summed E-state index contributed by atoms with van der Waals surface area (Å²) in [5.41, 5.74) is 4.00. The van der Waals surface area contributed by atoms with Crippen LogP contribution in [0.5, 0.6) is 11.5 Å². The van der Waals surface area contributed by atoms with Crippen LogP contribution in [-0.4, -0.2) is 15.5 Å². The summed E-state index contributed by atoms with van der Waals surface area (Å²) in [6.45, 7) is 1.64. The molecule has 32 heavy (non-hydrogen) atoms. The highest BCUT2D eigenvalue weighted by Gasteiger charge is 2.32. The molecule has 1 heterocycles. The van der Waals surface area contributed by atoms with Crippen LogP contribution in [0, 0.1) is 17.1 Å². The molecule has 0 fully saturated rings. The van der Waals surface area contributed by atoms with Crippen molar-refractivity contribution in [2.75, 3.05) is 0 Å². The molecule has 3 aromatic rings. The van der Waals surface area contributed by atoms with Gasteiger partial charge in [0.15, 0.2) is 11.6 Å². The summed E-state index contributed by atoms with van der Waals surface area (Å²) in [5, 5.41) is 8.82. The van der Waals surface area contributed by atoms with Gasteiger partial charge in [0, 0.05) is 12.0 Å². The second-order valence-electron chi connectivity index (χ2n) is 6.67. The van der Waals surface area contributed by atoms with E-state index in [1.54, 1.807) is 13.0 Å². The molecule has 0 spiro atoms. The second kappa shape index (κ2) is 8.88. The van der Waals surface area contributed by atoms with Gasteiger partial charge in [0.25, 0.3) is 5.91 Å². The van der Waals surface area contributed by atoms with E-state index in [2.05, 4.69) is 4.98 Å². The normalized spacial score (nSPS) is 11.3. The van der Waals surface area contributed by atoms with Gasteiger partial charge < -0.3 is 15.0 Å². The van der Waals surface area contributed by atoms with E-state index in [1.807, 2.05) is 0 Å². The standard InChI is InChI=1S/C21H15ClF4N4O2/c1-2-17-29-9-16(20(28)31)30(17)10-12-3-4-15(22)19(18(12)23)32-14-6-11(8-27)5-13(7-14)21(24,25)26/h3-7,9H,2,10H2,1H3,(H2,28,31). The molecule has 3 rings (SSSR count). The van der Waals surface area contributed by atoms with Crippen LogP contribution in [0.4, 0.5) is 17.6 Å². The number of nitriles is 1. The summed E-state index contributed by atoms with van der Waals surface area (Å²) >= 11 is 6.03. The summed E-state index contributed by atoms with van der Waals surface area (Å²) < 4.78 is 61.4. The van der Waals surface area contributed by atoms with E-state index in [-0.39, 0.29) is 28.4 Å². The number of amides is 1. The lowest BCUT2D eigenvalue weighted by molar-refractivity contribution is -0.137. The van der Waals surface area contributed by atoms with Crippen LogP contribution in [0.3, 0.4) is 0 Å². The monoisotopic (exact) mass is 466 g/mol. The number of alkyl halides is 3. The summed E-state index contributed by atoms with van der Waals surface area (Å²) in [4.78, 5) is 15.8. The minimum atomic E-state index is -4.74. The van der Waals surface area contributed by atoms with Crippen LogP contribution in [-0.2, 0) is 19.1 Å². The number of nitrogens with two attached hydrogens (primary N) is 1. The molecule has 0 radical (unpaired) electrons. The van der Waals surface area contributed by atoms with Crippen LogP contribution in [0.1, 0.15) is 39.9 Å². The molecule has 1 aromatic heterocycles. The number of nitrogens with zero attached hydrogens (tertiary/aromatic N) is 3. The first-order chi connectivity index (χ1) is 15.0. The predicted octanol–water partition coefficient (Wildman–Crippen LogP) is 5.07. The zero-order valence-electron chi connectivity index (χ0n) is 16.5. The van der Waals surface area contributed by atoms with Crippen LogP contribution in [0.2, 0.25) is 5.02 Å². The average Bonchev–Trinajstić information content (AvgIpc) is 3.15. The van der Waals surface area contributed by atoms with Gasteiger partial charge in [-0.3, -0.25) is 4.79 Å². The molecule has 6 nitrogen and oxygen atoms in total. The first-order valence-corrected chi connectivity index (χ1v) is 9.54. The fourth-order valence-electron chi connectivity index (χ4n) is 3.03. The van der Waals surface area contributed by atoms with Gasteiger partial charge in [-0.2, -0.15) is 18.4 Å². The molecule has 0 aliphatic carbocycles. The maximum atomic E-state index is 15.2. The highest BCUT2D eigenvalue weighted by Crippen LogP contribution is 2.38. The summed E-state index contributed by atoms with van der Waals surface area (Å²) in [7, 11) is 0. The summed E-state index contributed by atoms with van der Waals surface area (Å²) in [6.07, 6.45) is -3.02. The van der Waals surface area contributed by atoms with Crippen LogP contribution in [0.15, 0.2) is 36.5 Å². The lowest BCUT2D eigenvalue weighted by Gasteiger charge is -2.15. The topological polar surface area (TPSA) is 93.9 Å². The predicted molar refractivity (Wildman–Crippen MR) is 107 cm³/mol. The Hall–Kier alpha value is -3.58. The van der Waals surface area contributed by atoms with Crippen molar-refractivity contribution in [2.45, 2.75) is 26.1 Å². The zero-order valence-corrected chi connectivity index (χ0v) is 17.3. The second-order valence-corrected chi connectivity index (χ2v) is 7.08. The third-order valence-corrected chi connectivity index (χ3v) is 4.84. The zero-order chi connectivity index (χ0) is 23.6. The van der Waals surface area contributed by atoms with Crippen LogP contribution >= 0.6 is 11.6 Å². The third kappa shape index (κ3) is 4.68. The fourth-order valence-corrected chi connectivity index (χ4v) is 3.22. The number of rotatable bonds is 6. The van der Waals surface area contributed by atoms with Gasteiger partial charge in [0.05, 0.1) is 35.0 Å². The van der Waals surface area contributed by atoms with E-state index < -0.39 is 35.0 Å². The van der Waals surface area contributed by atoms with Crippen LogP contribution in [0.25, 0.3) is 0 Å². The Labute approximate surface area is 184 Å². The molecular formula is C21H15ClF4N4O2. The summed E-state index contributed by atoms with van der Waals surface area (Å²) in [5.74, 6) is -2.15. The molecule has 1 amide bonds. The first kappa shape index (κ1) is 23.1. The number of aryl methyl sites for hydroxylation is 1. The molecular weight excluding hydrogens is 452 g/mol. The molecule has 0 saturated heterocycles.